The van der Waals surface area contributed by atoms with Gasteiger partial charge in [-0.1, -0.05) is 6.07 Å². The van der Waals surface area contributed by atoms with Crippen LogP contribution in [0.5, 0.6) is 0 Å². The molecule has 2 N–H and O–H groups in total. The number of likely N-dealkylation sites (tertiary alicyclic amines) is 1. The molecule has 5 nitrogen and oxygen atoms in total. The van der Waals surface area contributed by atoms with Crippen molar-refractivity contribution in [3.05, 3.63) is 36.2 Å². The molecule has 1 saturated heterocycles. The smallest absolute Gasteiger partial charge is 0.256 e. The highest BCUT2D eigenvalue weighted by molar-refractivity contribution is 6.04. The Bertz CT molecular complexity index is 600. The molecule has 5 heteroatoms. The first-order valence-corrected chi connectivity index (χ1v) is 6.50. The minimum atomic E-state index is 0.0259. The summed E-state index contributed by atoms with van der Waals surface area (Å²) in [6.07, 6.45) is 4.98. The van der Waals surface area contributed by atoms with Crippen LogP contribution in [0.1, 0.15) is 23.2 Å². The Morgan fingerprint density at radius 2 is 1.95 bits per heavy atom. The normalized spacial score (nSPS) is 16.8. The largest absolute Gasteiger partial charge is 0.338 e. The van der Waals surface area contributed by atoms with Crippen molar-refractivity contribution in [2.24, 2.45) is 5.73 Å². The zero-order valence-corrected chi connectivity index (χ0v) is 10.6. The number of hydrogen-bond acceptors (Lipinski definition) is 4. The molecule has 1 aromatic carbocycles. The van der Waals surface area contributed by atoms with Gasteiger partial charge in [0.05, 0.1) is 11.1 Å². The number of carbonyl (C=O) groups is 1. The van der Waals surface area contributed by atoms with Crippen LogP contribution >= 0.6 is 0 Å². The zero-order chi connectivity index (χ0) is 13.2. The maximum atomic E-state index is 12.5. The fraction of sp³-hybridized carbons (Fsp3) is 0.357. The van der Waals surface area contributed by atoms with Gasteiger partial charge in [0.25, 0.3) is 5.91 Å². The molecule has 1 fully saturated rings. The van der Waals surface area contributed by atoms with Crippen molar-refractivity contribution in [3.63, 3.8) is 0 Å². The van der Waals surface area contributed by atoms with E-state index < -0.39 is 0 Å². The number of hydrogen-bond donors (Lipinski definition) is 1. The van der Waals surface area contributed by atoms with E-state index in [1.807, 2.05) is 23.1 Å². The maximum Gasteiger partial charge on any atom is 0.256 e. The highest BCUT2D eigenvalue weighted by Crippen LogP contribution is 2.18. The summed E-state index contributed by atoms with van der Waals surface area (Å²) in [7, 11) is 0. The second-order valence-electron chi connectivity index (χ2n) is 4.86. The van der Waals surface area contributed by atoms with Crippen LogP contribution < -0.4 is 5.73 Å². The second kappa shape index (κ2) is 4.93. The summed E-state index contributed by atoms with van der Waals surface area (Å²) < 4.78 is 0. The lowest BCUT2D eigenvalue weighted by atomic mass is 10.0. The summed E-state index contributed by atoms with van der Waals surface area (Å²) >= 11 is 0. The standard InChI is InChI=1S/C14H16N4O/c15-10-4-8-18(9-5-10)14(19)11-2-1-3-12-13(11)17-7-6-16-12/h1-3,6-7,10H,4-5,8-9,15H2. The number of nitrogens with zero attached hydrogens (tertiary/aromatic N) is 3. The number of nitrogens with two attached hydrogens (primary N) is 1. The van der Waals surface area contributed by atoms with E-state index >= 15 is 0 Å². The zero-order valence-electron chi connectivity index (χ0n) is 10.6. The van der Waals surface area contributed by atoms with Gasteiger partial charge in [-0.15, -0.1) is 0 Å². The molecule has 0 spiro atoms. The van der Waals surface area contributed by atoms with Gasteiger partial charge in [0.2, 0.25) is 0 Å². The molecular weight excluding hydrogens is 240 g/mol. The van der Waals surface area contributed by atoms with E-state index in [0.29, 0.717) is 11.1 Å². The number of rotatable bonds is 1. The lowest BCUT2D eigenvalue weighted by Crippen LogP contribution is -2.42. The third-order valence-electron chi connectivity index (χ3n) is 3.56. The molecule has 0 saturated carbocycles. The SMILES string of the molecule is NC1CCN(C(=O)c2cccc3nccnc23)CC1. The van der Waals surface area contributed by atoms with E-state index in [9.17, 15) is 4.79 Å². The maximum absolute atomic E-state index is 12.5. The van der Waals surface area contributed by atoms with Gasteiger partial charge < -0.3 is 10.6 Å². The highest BCUT2D eigenvalue weighted by Gasteiger charge is 2.23. The average Bonchev–Trinajstić information content (AvgIpc) is 2.47. The summed E-state index contributed by atoms with van der Waals surface area (Å²) in [4.78, 5) is 22.9. The predicted molar refractivity (Wildman–Crippen MR) is 72.7 cm³/mol. The molecule has 1 aromatic heterocycles. The molecule has 1 aliphatic rings. The second-order valence-corrected chi connectivity index (χ2v) is 4.86. The van der Waals surface area contributed by atoms with Crippen molar-refractivity contribution in [1.29, 1.82) is 0 Å². The first-order chi connectivity index (χ1) is 9.25. The molecule has 1 aliphatic heterocycles. The molecule has 0 unspecified atom stereocenters. The van der Waals surface area contributed by atoms with Crippen molar-refractivity contribution in [2.75, 3.05) is 13.1 Å². The predicted octanol–water partition coefficient (Wildman–Crippen LogP) is 1.19. The molecule has 1 amide bonds. The van der Waals surface area contributed by atoms with Crippen molar-refractivity contribution in [2.45, 2.75) is 18.9 Å². The number of benzene rings is 1. The number of para-hydroxylation sites is 1. The van der Waals surface area contributed by atoms with Gasteiger partial charge in [-0.05, 0) is 25.0 Å². The molecule has 0 radical (unpaired) electrons. The summed E-state index contributed by atoms with van der Waals surface area (Å²) in [5, 5.41) is 0. The van der Waals surface area contributed by atoms with Crippen LogP contribution in [0, 0.1) is 0 Å². The number of aromatic nitrogens is 2. The molecule has 0 atom stereocenters. The molecule has 2 aromatic rings. The Labute approximate surface area is 111 Å². The molecule has 19 heavy (non-hydrogen) atoms. The fourth-order valence-electron chi connectivity index (χ4n) is 2.44. The third kappa shape index (κ3) is 2.29. The van der Waals surface area contributed by atoms with E-state index in [0.717, 1.165) is 31.4 Å². The first kappa shape index (κ1) is 12.0. The number of carbonyl (C=O) groups excluding carboxylic acids is 1. The summed E-state index contributed by atoms with van der Waals surface area (Å²) in [6.45, 7) is 1.44. The molecule has 0 bridgehead atoms. The van der Waals surface area contributed by atoms with Gasteiger partial charge in [0.15, 0.2) is 0 Å². The minimum Gasteiger partial charge on any atom is -0.338 e. The van der Waals surface area contributed by atoms with Gasteiger partial charge in [-0.2, -0.15) is 0 Å². The monoisotopic (exact) mass is 256 g/mol. The van der Waals surface area contributed by atoms with E-state index in [1.54, 1.807) is 12.4 Å². The quantitative estimate of drug-likeness (QED) is 0.832. The lowest BCUT2D eigenvalue weighted by molar-refractivity contribution is 0.0716. The summed E-state index contributed by atoms with van der Waals surface area (Å²) in [5.41, 5.74) is 7.92. The molecule has 0 aliphatic carbocycles. The number of piperidine rings is 1. The number of fused-ring (bicyclic) bond motifs is 1. The van der Waals surface area contributed by atoms with Crippen LogP contribution in [0.25, 0.3) is 11.0 Å². The third-order valence-corrected chi connectivity index (χ3v) is 3.56. The van der Waals surface area contributed by atoms with Gasteiger partial charge in [0, 0.05) is 31.5 Å². The van der Waals surface area contributed by atoms with Crippen molar-refractivity contribution in [3.8, 4) is 0 Å². The minimum absolute atomic E-state index is 0.0259. The molecular formula is C14H16N4O. The van der Waals surface area contributed by atoms with Crippen molar-refractivity contribution >= 4 is 16.9 Å². The van der Waals surface area contributed by atoms with Crippen LogP contribution in [-0.4, -0.2) is 39.9 Å². The Morgan fingerprint density at radius 1 is 1.21 bits per heavy atom. The van der Waals surface area contributed by atoms with Crippen LogP contribution in [0.2, 0.25) is 0 Å². The Hall–Kier alpha value is -2.01. The number of amides is 1. The average molecular weight is 256 g/mol. The Balaban J connectivity index is 1.93. The van der Waals surface area contributed by atoms with Crippen LogP contribution in [0.15, 0.2) is 30.6 Å². The fourth-order valence-corrected chi connectivity index (χ4v) is 2.44. The molecule has 3 rings (SSSR count). The summed E-state index contributed by atoms with van der Waals surface area (Å²) in [5.74, 6) is 0.0259. The summed E-state index contributed by atoms with van der Waals surface area (Å²) in [6, 6.07) is 5.75. The highest BCUT2D eigenvalue weighted by atomic mass is 16.2. The van der Waals surface area contributed by atoms with E-state index in [4.69, 9.17) is 5.73 Å². The van der Waals surface area contributed by atoms with E-state index in [-0.39, 0.29) is 11.9 Å². The first-order valence-electron chi connectivity index (χ1n) is 6.50. The van der Waals surface area contributed by atoms with Crippen LogP contribution in [-0.2, 0) is 0 Å². The van der Waals surface area contributed by atoms with E-state index in [1.165, 1.54) is 0 Å². The van der Waals surface area contributed by atoms with Crippen LogP contribution in [0.4, 0.5) is 0 Å². The molecule has 2 heterocycles. The topological polar surface area (TPSA) is 72.1 Å². The molecule has 98 valence electrons. The van der Waals surface area contributed by atoms with Gasteiger partial charge >= 0.3 is 0 Å². The van der Waals surface area contributed by atoms with Crippen molar-refractivity contribution < 1.29 is 4.79 Å². The van der Waals surface area contributed by atoms with E-state index in [2.05, 4.69) is 9.97 Å². The van der Waals surface area contributed by atoms with Crippen LogP contribution in [0.3, 0.4) is 0 Å². The lowest BCUT2D eigenvalue weighted by Gasteiger charge is -2.30. The van der Waals surface area contributed by atoms with Gasteiger partial charge in [-0.25, -0.2) is 0 Å². The Morgan fingerprint density at radius 3 is 2.74 bits per heavy atom. The van der Waals surface area contributed by atoms with Gasteiger partial charge in [0.1, 0.15) is 5.52 Å². The van der Waals surface area contributed by atoms with Gasteiger partial charge in [-0.3, -0.25) is 14.8 Å². The van der Waals surface area contributed by atoms with Crippen molar-refractivity contribution in [1.82, 2.24) is 14.9 Å². The Kier molecular flexibility index (Phi) is 3.13.